The van der Waals surface area contributed by atoms with Gasteiger partial charge in [0.2, 0.25) is 11.8 Å². The Morgan fingerprint density at radius 3 is 2.21 bits per heavy atom. The molecule has 0 aromatic heterocycles. The third-order valence-corrected chi connectivity index (χ3v) is 6.00. The number of benzene rings is 2. The number of hydrogen-bond acceptors (Lipinski definition) is 3. The molecule has 5 nitrogen and oxygen atoms in total. The fourth-order valence-electron chi connectivity index (χ4n) is 3.98. The Kier molecular flexibility index (Phi) is 5.26. The first-order valence-electron chi connectivity index (χ1n) is 10.2. The summed E-state index contributed by atoms with van der Waals surface area (Å²) in [6.45, 7) is 4.05. The van der Waals surface area contributed by atoms with Crippen molar-refractivity contribution in [1.29, 1.82) is 0 Å². The molecule has 1 unspecified atom stereocenters. The van der Waals surface area contributed by atoms with Crippen LogP contribution >= 0.6 is 0 Å². The second-order valence-corrected chi connectivity index (χ2v) is 7.92. The Hall–Kier alpha value is -2.89. The molecule has 29 heavy (non-hydrogen) atoms. The van der Waals surface area contributed by atoms with Gasteiger partial charge in [-0.1, -0.05) is 42.5 Å². The summed E-state index contributed by atoms with van der Waals surface area (Å²) in [4.78, 5) is 29.7. The summed E-state index contributed by atoms with van der Waals surface area (Å²) in [5.74, 6) is -0.529. The minimum atomic E-state index is -0.927. The number of halogens is 1. The second-order valence-electron chi connectivity index (χ2n) is 7.92. The molecule has 1 heterocycles. The number of hydrogen-bond donors (Lipinski definition) is 1. The minimum Gasteiger partial charge on any atom is -0.366 e. The van der Waals surface area contributed by atoms with Gasteiger partial charge in [-0.05, 0) is 37.5 Å². The van der Waals surface area contributed by atoms with Gasteiger partial charge in [-0.15, -0.1) is 0 Å². The van der Waals surface area contributed by atoms with E-state index in [1.807, 2.05) is 48.2 Å². The van der Waals surface area contributed by atoms with E-state index in [-0.39, 0.29) is 23.7 Å². The van der Waals surface area contributed by atoms with Gasteiger partial charge in [0.15, 0.2) is 0 Å². The highest BCUT2D eigenvalue weighted by molar-refractivity contribution is 6.08. The zero-order chi connectivity index (χ0) is 20.4. The molecule has 4 rings (SSSR count). The van der Waals surface area contributed by atoms with Gasteiger partial charge < -0.3 is 15.1 Å². The lowest BCUT2D eigenvalue weighted by molar-refractivity contribution is -0.144. The van der Waals surface area contributed by atoms with Gasteiger partial charge in [-0.2, -0.15) is 0 Å². The summed E-state index contributed by atoms with van der Waals surface area (Å²) in [5.41, 5.74) is 0.654. The highest BCUT2D eigenvalue weighted by Crippen LogP contribution is 2.48. The molecule has 2 amide bonds. The van der Waals surface area contributed by atoms with Crippen LogP contribution in [0.2, 0.25) is 0 Å². The number of para-hydroxylation sites is 1. The molecule has 152 valence electrons. The van der Waals surface area contributed by atoms with E-state index in [0.717, 1.165) is 5.56 Å². The smallest absolute Gasteiger partial charge is 0.238 e. The number of anilines is 1. The van der Waals surface area contributed by atoms with Crippen LogP contribution in [0.3, 0.4) is 0 Å². The summed E-state index contributed by atoms with van der Waals surface area (Å²) in [6, 6.07) is 16.3. The molecule has 1 aliphatic carbocycles. The van der Waals surface area contributed by atoms with Crippen LogP contribution in [0.4, 0.5) is 10.1 Å². The summed E-state index contributed by atoms with van der Waals surface area (Å²) in [5, 5.41) is 3.01. The Balaban J connectivity index is 1.37. The lowest BCUT2D eigenvalue weighted by Gasteiger charge is -2.37. The third-order valence-electron chi connectivity index (χ3n) is 6.00. The highest BCUT2D eigenvalue weighted by atomic mass is 19.1. The normalized spacial score (nSPS) is 18.8. The van der Waals surface area contributed by atoms with Gasteiger partial charge in [0.05, 0.1) is 11.7 Å². The Morgan fingerprint density at radius 1 is 0.966 bits per heavy atom. The second kappa shape index (κ2) is 7.85. The highest BCUT2D eigenvalue weighted by Gasteiger charge is 2.58. The Labute approximate surface area is 170 Å². The van der Waals surface area contributed by atoms with Gasteiger partial charge in [0.25, 0.3) is 0 Å². The SMILES string of the molecule is CC(NC(=O)C1(C(=O)N2CCN(c3ccccc3F)CC2)CC1)c1ccccc1. The fraction of sp³-hybridized carbons (Fsp3) is 0.391. The largest absolute Gasteiger partial charge is 0.366 e. The lowest BCUT2D eigenvalue weighted by atomic mass is 10.0. The van der Waals surface area contributed by atoms with E-state index < -0.39 is 5.41 Å². The predicted octanol–water partition coefficient (Wildman–Crippen LogP) is 3.13. The third kappa shape index (κ3) is 3.84. The van der Waals surface area contributed by atoms with E-state index in [9.17, 15) is 14.0 Å². The van der Waals surface area contributed by atoms with Crippen molar-refractivity contribution >= 4 is 17.5 Å². The number of piperazine rings is 1. The molecule has 1 aliphatic heterocycles. The lowest BCUT2D eigenvalue weighted by Crippen LogP contribution is -2.53. The Bertz CT molecular complexity index is 890. The van der Waals surface area contributed by atoms with Crippen molar-refractivity contribution in [1.82, 2.24) is 10.2 Å². The maximum Gasteiger partial charge on any atom is 0.238 e. The molecule has 2 fully saturated rings. The number of carbonyl (C=O) groups excluding carboxylic acids is 2. The topological polar surface area (TPSA) is 52.7 Å². The van der Waals surface area contributed by atoms with Crippen molar-refractivity contribution in [3.8, 4) is 0 Å². The van der Waals surface area contributed by atoms with E-state index in [2.05, 4.69) is 5.32 Å². The molecule has 2 aromatic rings. The molecule has 1 N–H and O–H groups in total. The van der Waals surface area contributed by atoms with Crippen LogP contribution in [0.15, 0.2) is 54.6 Å². The summed E-state index contributed by atoms with van der Waals surface area (Å²) in [7, 11) is 0. The van der Waals surface area contributed by atoms with Crippen LogP contribution in [0, 0.1) is 11.2 Å². The number of nitrogens with one attached hydrogen (secondary N) is 1. The van der Waals surface area contributed by atoms with Crippen molar-refractivity contribution < 1.29 is 14.0 Å². The van der Waals surface area contributed by atoms with Gasteiger partial charge in [0.1, 0.15) is 11.2 Å². The van der Waals surface area contributed by atoms with Crippen molar-refractivity contribution in [2.24, 2.45) is 5.41 Å². The van der Waals surface area contributed by atoms with Crippen LogP contribution in [0.1, 0.15) is 31.4 Å². The standard InChI is InChI=1S/C23H26FN3O2/c1-17(18-7-3-2-4-8-18)25-21(28)23(11-12-23)22(29)27-15-13-26(14-16-27)20-10-6-5-9-19(20)24/h2-10,17H,11-16H2,1H3,(H,25,28). The number of amides is 2. The summed E-state index contributed by atoms with van der Waals surface area (Å²) < 4.78 is 14.0. The zero-order valence-electron chi connectivity index (χ0n) is 16.6. The van der Waals surface area contributed by atoms with Crippen LogP contribution in [-0.2, 0) is 9.59 Å². The monoisotopic (exact) mass is 395 g/mol. The minimum absolute atomic E-state index is 0.0940. The van der Waals surface area contributed by atoms with E-state index in [1.54, 1.807) is 17.0 Å². The molecule has 1 atom stereocenters. The first kappa shape index (κ1) is 19.4. The Morgan fingerprint density at radius 2 is 1.59 bits per heavy atom. The van der Waals surface area contributed by atoms with Crippen molar-refractivity contribution in [2.45, 2.75) is 25.8 Å². The zero-order valence-corrected chi connectivity index (χ0v) is 16.6. The van der Waals surface area contributed by atoms with Crippen LogP contribution in [0.25, 0.3) is 0 Å². The van der Waals surface area contributed by atoms with Crippen molar-refractivity contribution in [2.75, 3.05) is 31.1 Å². The van der Waals surface area contributed by atoms with Crippen molar-refractivity contribution in [3.05, 3.63) is 66.0 Å². The van der Waals surface area contributed by atoms with E-state index in [4.69, 9.17) is 0 Å². The maximum atomic E-state index is 14.0. The molecule has 2 aliphatic rings. The summed E-state index contributed by atoms with van der Waals surface area (Å²) >= 11 is 0. The van der Waals surface area contributed by atoms with Gasteiger partial charge in [-0.3, -0.25) is 9.59 Å². The molecule has 0 spiro atoms. The van der Waals surface area contributed by atoms with Crippen LogP contribution in [0.5, 0.6) is 0 Å². The van der Waals surface area contributed by atoms with Crippen LogP contribution in [-0.4, -0.2) is 42.9 Å². The van der Waals surface area contributed by atoms with E-state index >= 15 is 0 Å². The van der Waals surface area contributed by atoms with Crippen LogP contribution < -0.4 is 10.2 Å². The molecular weight excluding hydrogens is 369 g/mol. The average Bonchev–Trinajstić information content (AvgIpc) is 3.56. The van der Waals surface area contributed by atoms with Gasteiger partial charge in [0, 0.05) is 26.2 Å². The molecule has 2 aromatic carbocycles. The molecule has 6 heteroatoms. The molecule has 1 saturated carbocycles. The molecule has 0 bridgehead atoms. The summed E-state index contributed by atoms with van der Waals surface area (Å²) in [6.07, 6.45) is 1.18. The predicted molar refractivity (Wildman–Crippen MR) is 110 cm³/mol. The van der Waals surface area contributed by atoms with Crippen molar-refractivity contribution in [3.63, 3.8) is 0 Å². The van der Waals surface area contributed by atoms with Gasteiger partial charge >= 0.3 is 0 Å². The maximum absolute atomic E-state index is 14.0. The molecular formula is C23H26FN3O2. The first-order chi connectivity index (χ1) is 14.0. The fourth-order valence-corrected chi connectivity index (χ4v) is 3.98. The van der Waals surface area contributed by atoms with E-state index in [1.165, 1.54) is 6.07 Å². The first-order valence-corrected chi connectivity index (χ1v) is 10.2. The number of carbonyl (C=O) groups is 2. The van der Waals surface area contributed by atoms with Gasteiger partial charge in [-0.25, -0.2) is 4.39 Å². The number of rotatable bonds is 5. The van der Waals surface area contributed by atoms with E-state index in [0.29, 0.717) is 44.7 Å². The molecule has 0 radical (unpaired) electrons. The average molecular weight is 395 g/mol. The molecule has 1 saturated heterocycles. The quantitative estimate of drug-likeness (QED) is 0.792. The number of nitrogens with zero attached hydrogens (tertiary/aromatic N) is 2.